The Kier molecular flexibility index (Phi) is 9.31. The number of hydrogen-bond donors (Lipinski definition) is 2. The van der Waals surface area contributed by atoms with E-state index in [0.29, 0.717) is 22.8 Å². The SMILES string of the molecule is COc1ccccc1CN(C(=O)Cc1c[nH]c2ccccc12)[C@H](C(=O)NC1CCCCC1)c1ccc(OC)c(OC)c1. The van der Waals surface area contributed by atoms with Gasteiger partial charge in [-0.1, -0.05) is 61.7 Å². The minimum Gasteiger partial charge on any atom is -0.496 e. The number of H-pyrrole nitrogens is 1. The van der Waals surface area contributed by atoms with Crippen molar-refractivity contribution >= 4 is 22.7 Å². The second-order valence-corrected chi connectivity index (χ2v) is 10.7. The molecule has 220 valence electrons. The maximum Gasteiger partial charge on any atom is 0.247 e. The molecule has 1 aliphatic carbocycles. The zero-order valence-electron chi connectivity index (χ0n) is 24.5. The Morgan fingerprint density at radius 1 is 0.857 bits per heavy atom. The van der Waals surface area contributed by atoms with Crippen molar-refractivity contribution in [3.05, 3.63) is 89.6 Å². The highest BCUT2D eigenvalue weighted by Crippen LogP contribution is 2.35. The third-order valence-corrected chi connectivity index (χ3v) is 8.11. The van der Waals surface area contributed by atoms with Gasteiger partial charge in [0.25, 0.3) is 0 Å². The van der Waals surface area contributed by atoms with Crippen molar-refractivity contribution in [3.8, 4) is 17.2 Å². The van der Waals surface area contributed by atoms with Crippen LogP contribution in [0, 0.1) is 0 Å². The lowest BCUT2D eigenvalue weighted by Crippen LogP contribution is -2.47. The number of fused-ring (bicyclic) bond motifs is 1. The van der Waals surface area contributed by atoms with Gasteiger partial charge in [0.1, 0.15) is 11.8 Å². The summed E-state index contributed by atoms with van der Waals surface area (Å²) < 4.78 is 16.7. The lowest BCUT2D eigenvalue weighted by molar-refractivity contribution is -0.141. The fourth-order valence-electron chi connectivity index (χ4n) is 5.91. The van der Waals surface area contributed by atoms with E-state index in [4.69, 9.17) is 14.2 Å². The topological polar surface area (TPSA) is 92.9 Å². The van der Waals surface area contributed by atoms with Crippen molar-refractivity contribution in [1.82, 2.24) is 15.2 Å². The summed E-state index contributed by atoms with van der Waals surface area (Å²) in [5, 5.41) is 4.26. The van der Waals surface area contributed by atoms with E-state index in [9.17, 15) is 9.59 Å². The quantitative estimate of drug-likeness (QED) is 0.233. The molecule has 1 aliphatic rings. The number of carbonyl (C=O) groups excluding carboxylic acids is 2. The number of nitrogens with one attached hydrogen (secondary N) is 2. The summed E-state index contributed by atoms with van der Waals surface area (Å²) in [5.41, 5.74) is 3.29. The lowest BCUT2D eigenvalue weighted by atomic mass is 9.94. The number of hydrogen-bond acceptors (Lipinski definition) is 5. The second-order valence-electron chi connectivity index (χ2n) is 10.7. The number of nitrogens with zero attached hydrogens (tertiary/aromatic N) is 1. The Bertz CT molecular complexity index is 1520. The van der Waals surface area contributed by atoms with E-state index in [1.807, 2.05) is 60.8 Å². The van der Waals surface area contributed by atoms with E-state index in [2.05, 4.69) is 10.3 Å². The van der Waals surface area contributed by atoms with Crippen molar-refractivity contribution in [1.29, 1.82) is 0 Å². The molecule has 1 fully saturated rings. The highest BCUT2D eigenvalue weighted by atomic mass is 16.5. The van der Waals surface area contributed by atoms with Crippen LogP contribution in [0.25, 0.3) is 10.9 Å². The van der Waals surface area contributed by atoms with Crippen molar-refractivity contribution < 1.29 is 23.8 Å². The number of amides is 2. The average molecular weight is 570 g/mol. The zero-order valence-corrected chi connectivity index (χ0v) is 24.5. The number of benzene rings is 3. The second kappa shape index (κ2) is 13.5. The summed E-state index contributed by atoms with van der Waals surface area (Å²) in [5.74, 6) is 1.31. The highest BCUT2D eigenvalue weighted by molar-refractivity contribution is 5.92. The van der Waals surface area contributed by atoms with Crippen molar-refractivity contribution in [2.24, 2.45) is 0 Å². The maximum absolute atomic E-state index is 14.4. The fourth-order valence-corrected chi connectivity index (χ4v) is 5.91. The molecule has 2 amide bonds. The molecule has 0 radical (unpaired) electrons. The Labute approximate surface area is 247 Å². The predicted molar refractivity (Wildman–Crippen MR) is 163 cm³/mol. The largest absolute Gasteiger partial charge is 0.496 e. The molecule has 5 rings (SSSR count). The molecule has 4 aromatic rings. The summed E-state index contributed by atoms with van der Waals surface area (Å²) in [4.78, 5) is 33.6. The molecule has 1 heterocycles. The van der Waals surface area contributed by atoms with Gasteiger partial charge in [-0.15, -0.1) is 0 Å². The average Bonchev–Trinajstić information content (AvgIpc) is 3.43. The third kappa shape index (κ3) is 6.38. The van der Waals surface area contributed by atoms with Gasteiger partial charge in [0.15, 0.2) is 11.5 Å². The smallest absolute Gasteiger partial charge is 0.247 e. The van der Waals surface area contributed by atoms with Gasteiger partial charge in [-0.2, -0.15) is 0 Å². The van der Waals surface area contributed by atoms with Gasteiger partial charge in [-0.25, -0.2) is 0 Å². The first kappa shape index (κ1) is 29.0. The lowest BCUT2D eigenvalue weighted by Gasteiger charge is -2.34. The van der Waals surface area contributed by atoms with Gasteiger partial charge >= 0.3 is 0 Å². The van der Waals surface area contributed by atoms with Crippen LogP contribution in [0.3, 0.4) is 0 Å². The predicted octanol–water partition coefficient (Wildman–Crippen LogP) is 5.96. The van der Waals surface area contributed by atoms with Crippen LogP contribution in [-0.4, -0.2) is 49.1 Å². The van der Waals surface area contributed by atoms with Crippen molar-refractivity contribution in [2.45, 2.75) is 57.2 Å². The van der Waals surface area contributed by atoms with E-state index < -0.39 is 6.04 Å². The van der Waals surface area contributed by atoms with E-state index in [1.54, 1.807) is 38.4 Å². The maximum atomic E-state index is 14.4. The molecule has 42 heavy (non-hydrogen) atoms. The summed E-state index contributed by atoms with van der Waals surface area (Å²) in [7, 11) is 4.75. The molecule has 0 aliphatic heterocycles. The molecule has 8 heteroatoms. The standard InChI is InChI=1S/C34H39N3O5/c1-40-29-16-10-7-11-24(29)22-37(32(38)20-25-21-35-28-15-9-8-14-27(25)28)33(34(39)36-26-12-5-4-6-13-26)23-17-18-30(41-2)31(19-23)42-3/h7-11,14-19,21,26,33,35H,4-6,12-13,20,22H2,1-3H3,(H,36,39)/t33-/m0/s1. The van der Waals surface area contributed by atoms with Crippen LogP contribution in [0.15, 0.2) is 72.9 Å². The van der Waals surface area contributed by atoms with Crippen molar-refractivity contribution in [2.75, 3.05) is 21.3 Å². The molecule has 3 aromatic carbocycles. The Morgan fingerprint density at radius 3 is 2.33 bits per heavy atom. The summed E-state index contributed by atoms with van der Waals surface area (Å²) in [6.07, 6.45) is 7.19. The van der Waals surface area contributed by atoms with E-state index in [0.717, 1.165) is 47.7 Å². The first-order chi connectivity index (χ1) is 20.5. The van der Waals surface area contributed by atoms with Crippen molar-refractivity contribution in [3.63, 3.8) is 0 Å². The number of methoxy groups -OCH3 is 3. The van der Waals surface area contributed by atoms with Crippen LogP contribution in [-0.2, 0) is 22.6 Å². The summed E-state index contributed by atoms with van der Waals surface area (Å²) in [6, 6.07) is 20.1. The Hall–Kier alpha value is -4.46. The Balaban J connectivity index is 1.58. The molecule has 8 nitrogen and oxygen atoms in total. The number of rotatable bonds is 11. The molecule has 0 bridgehead atoms. The van der Waals surface area contributed by atoms with Gasteiger partial charge in [-0.05, 0) is 48.2 Å². The number of ether oxygens (including phenoxy) is 3. The van der Waals surface area contributed by atoms with E-state index in [-0.39, 0.29) is 30.8 Å². The molecular formula is C34H39N3O5. The first-order valence-corrected chi connectivity index (χ1v) is 14.5. The summed E-state index contributed by atoms with van der Waals surface area (Å²) in [6.45, 7) is 0.183. The molecule has 0 spiro atoms. The Morgan fingerprint density at radius 2 is 1.57 bits per heavy atom. The van der Waals surface area contributed by atoms with Gasteiger partial charge < -0.3 is 29.4 Å². The van der Waals surface area contributed by atoms with E-state index in [1.165, 1.54) is 6.42 Å². The normalized spacial score (nSPS) is 14.3. The number of aromatic amines is 1. The number of carbonyl (C=O) groups is 2. The molecule has 0 unspecified atom stereocenters. The van der Waals surface area contributed by atoms with Crippen LogP contribution < -0.4 is 19.5 Å². The molecular weight excluding hydrogens is 530 g/mol. The van der Waals surface area contributed by atoms with Gasteiger partial charge in [0.05, 0.1) is 34.3 Å². The molecule has 1 atom stereocenters. The molecule has 0 saturated heterocycles. The zero-order chi connectivity index (χ0) is 29.5. The van der Waals surface area contributed by atoms with Crippen LogP contribution in [0.1, 0.15) is 54.8 Å². The minimum absolute atomic E-state index is 0.0747. The summed E-state index contributed by atoms with van der Waals surface area (Å²) >= 11 is 0. The van der Waals surface area contributed by atoms with Crippen LogP contribution in [0.4, 0.5) is 0 Å². The van der Waals surface area contributed by atoms with Gasteiger partial charge in [-0.3, -0.25) is 9.59 Å². The third-order valence-electron chi connectivity index (χ3n) is 8.11. The van der Waals surface area contributed by atoms with Crippen LogP contribution in [0.2, 0.25) is 0 Å². The monoisotopic (exact) mass is 569 g/mol. The number of para-hydroxylation sites is 2. The van der Waals surface area contributed by atoms with E-state index >= 15 is 0 Å². The van der Waals surface area contributed by atoms with Crippen LogP contribution >= 0.6 is 0 Å². The highest BCUT2D eigenvalue weighted by Gasteiger charge is 2.34. The van der Waals surface area contributed by atoms with Crippen LogP contribution in [0.5, 0.6) is 17.2 Å². The molecule has 2 N–H and O–H groups in total. The van der Waals surface area contributed by atoms with Gasteiger partial charge in [0, 0.05) is 28.7 Å². The minimum atomic E-state index is -0.908. The fraction of sp³-hybridized carbons (Fsp3) is 0.353. The molecule has 1 aromatic heterocycles. The number of aromatic nitrogens is 1. The first-order valence-electron chi connectivity index (χ1n) is 14.5. The molecule has 1 saturated carbocycles. The van der Waals surface area contributed by atoms with Gasteiger partial charge in [0.2, 0.25) is 11.8 Å².